The second-order valence-corrected chi connectivity index (χ2v) is 8.03. The van der Waals surface area contributed by atoms with Crippen LogP contribution in [0.2, 0.25) is 0 Å². The molecule has 0 aliphatic heterocycles. The lowest BCUT2D eigenvalue weighted by atomic mass is 10.2. The zero-order valence-corrected chi connectivity index (χ0v) is 17.2. The molecule has 28 heavy (non-hydrogen) atoms. The number of fused-ring (bicyclic) bond motifs is 3. The van der Waals surface area contributed by atoms with E-state index in [4.69, 9.17) is 4.98 Å². The van der Waals surface area contributed by atoms with E-state index in [0.717, 1.165) is 33.6 Å². The van der Waals surface area contributed by atoms with E-state index in [1.165, 1.54) is 11.8 Å². The molecule has 3 heterocycles. The number of hydrogen-bond donors (Lipinski definition) is 1. The van der Waals surface area contributed by atoms with Gasteiger partial charge in [0.2, 0.25) is 5.91 Å². The van der Waals surface area contributed by atoms with Crippen molar-refractivity contribution in [3.63, 3.8) is 0 Å². The Bertz CT molecular complexity index is 1210. The van der Waals surface area contributed by atoms with Crippen molar-refractivity contribution < 1.29 is 4.79 Å². The van der Waals surface area contributed by atoms with Gasteiger partial charge in [0.25, 0.3) is 0 Å². The number of aromatic nitrogens is 6. The molecule has 3 aromatic heterocycles. The van der Waals surface area contributed by atoms with Crippen LogP contribution in [0.5, 0.6) is 0 Å². The van der Waals surface area contributed by atoms with E-state index < -0.39 is 0 Å². The van der Waals surface area contributed by atoms with Crippen LogP contribution < -0.4 is 5.32 Å². The summed E-state index contributed by atoms with van der Waals surface area (Å²) in [7, 11) is 1.86. The monoisotopic (exact) mass is 395 g/mol. The predicted molar refractivity (Wildman–Crippen MR) is 110 cm³/mol. The van der Waals surface area contributed by atoms with Gasteiger partial charge in [-0.3, -0.25) is 9.48 Å². The molecule has 144 valence electrons. The predicted octanol–water partition coefficient (Wildman–Crippen LogP) is 3.06. The van der Waals surface area contributed by atoms with Crippen LogP contribution in [0.15, 0.2) is 29.4 Å². The summed E-state index contributed by atoms with van der Waals surface area (Å²) < 4.78 is 3.47. The van der Waals surface area contributed by atoms with Gasteiger partial charge in [0.1, 0.15) is 5.82 Å². The smallest absolute Gasteiger partial charge is 0.237 e. The van der Waals surface area contributed by atoms with Gasteiger partial charge in [-0.15, -0.1) is 5.10 Å². The van der Waals surface area contributed by atoms with E-state index in [1.807, 2.05) is 59.0 Å². The lowest BCUT2D eigenvalue weighted by Gasteiger charge is -2.13. The van der Waals surface area contributed by atoms with E-state index >= 15 is 0 Å². The van der Waals surface area contributed by atoms with Gasteiger partial charge in [0, 0.05) is 12.4 Å². The first-order valence-electron chi connectivity index (χ1n) is 8.95. The number of amides is 1. The summed E-state index contributed by atoms with van der Waals surface area (Å²) in [6.07, 6.45) is 0. The summed E-state index contributed by atoms with van der Waals surface area (Å²) in [4.78, 5) is 22.0. The van der Waals surface area contributed by atoms with Crippen LogP contribution in [0.25, 0.3) is 16.6 Å². The Morgan fingerprint density at radius 1 is 1.14 bits per heavy atom. The Balaban J connectivity index is 1.66. The maximum atomic E-state index is 12.8. The van der Waals surface area contributed by atoms with Crippen molar-refractivity contribution in [3.8, 4) is 0 Å². The molecule has 0 aliphatic rings. The lowest BCUT2D eigenvalue weighted by molar-refractivity contribution is -0.115. The molecule has 9 heteroatoms. The molecule has 1 unspecified atom stereocenters. The van der Waals surface area contributed by atoms with Crippen LogP contribution in [-0.4, -0.2) is 40.5 Å². The van der Waals surface area contributed by atoms with E-state index in [1.54, 1.807) is 9.20 Å². The maximum Gasteiger partial charge on any atom is 0.237 e. The van der Waals surface area contributed by atoms with Crippen LogP contribution in [0, 0.1) is 20.8 Å². The summed E-state index contributed by atoms with van der Waals surface area (Å²) in [6, 6.07) is 7.81. The fourth-order valence-corrected chi connectivity index (χ4v) is 3.96. The normalized spacial score (nSPS) is 12.6. The van der Waals surface area contributed by atoms with Crippen molar-refractivity contribution in [1.29, 1.82) is 0 Å². The standard InChI is InChI=1S/C19H21N7OS/c1-10-16(11(2)25(5)23-10)22-18(27)12(3)28-19-21-15-9-7-6-8-14(15)17-20-13(4)24-26(17)19/h6-9,12H,1-5H3,(H,22,27). The summed E-state index contributed by atoms with van der Waals surface area (Å²) in [5.74, 6) is 0.558. The average molecular weight is 395 g/mol. The average Bonchev–Trinajstić information content (AvgIpc) is 3.16. The highest BCUT2D eigenvalue weighted by Crippen LogP contribution is 2.28. The highest BCUT2D eigenvalue weighted by atomic mass is 32.2. The number of rotatable bonds is 4. The van der Waals surface area contributed by atoms with Crippen molar-refractivity contribution in [2.75, 3.05) is 5.32 Å². The quantitative estimate of drug-likeness (QED) is 0.422. The molecule has 4 rings (SSSR count). The molecule has 0 saturated carbocycles. The molecule has 4 aromatic rings. The van der Waals surface area contributed by atoms with Crippen molar-refractivity contribution in [3.05, 3.63) is 41.5 Å². The lowest BCUT2D eigenvalue weighted by Crippen LogP contribution is -2.23. The second-order valence-electron chi connectivity index (χ2n) is 6.72. The largest absolute Gasteiger partial charge is 0.322 e. The van der Waals surface area contributed by atoms with Gasteiger partial charge in [-0.1, -0.05) is 23.9 Å². The number of carbonyl (C=O) groups is 1. The van der Waals surface area contributed by atoms with Crippen LogP contribution in [0.1, 0.15) is 24.1 Å². The van der Waals surface area contributed by atoms with Gasteiger partial charge in [-0.2, -0.15) is 9.61 Å². The highest BCUT2D eigenvalue weighted by molar-refractivity contribution is 8.00. The molecular weight excluding hydrogens is 374 g/mol. The second kappa shape index (κ2) is 6.90. The fraction of sp³-hybridized carbons (Fsp3) is 0.316. The molecule has 8 nitrogen and oxygen atoms in total. The molecule has 0 bridgehead atoms. The summed E-state index contributed by atoms with van der Waals surface area (Å²) in [5, 5.41) is 13.0. The number of benzene rings is 1. The molecule has 0 fully saturated rings. The van der Waals surface area contributed by atoms with Crippen molar-refractivity contribution in [2.45, 2.75) is 38.1 Å². The van der Waals surface area contributed by atoms with Crippen molar-refractivity contribution in [1.82, 2.24) is 29.4 Å². The Hall–Kier alpha value is -2.94. The van der Waals surface area contributed by atoms with Gasteiger partial charge in [-0.25, -0.2) is 9.97 Å². The molecule has 0 aliphatic carbocycles. The van der Waals surface area contributed by atoms with Gasteiger partial charge < -0.3 is 5.32 Å². The molecule has 1 atom stereocenters. The minimum Gasteiger partial charge on any atom is -0.322 e. The first kappa shape index (κ1) is 18.4. The first-order valence-corrected chi connectivity index (χ1v) is 9.83. The van der Waals surface area contributed by atoms with Crippen LogP contribution in [0.3, 0.4) is 0 Å². The van der Waals surface area contributed by atoms with E-state index in [0.29, 0.717) is 11.0 Å². The van der Waals surface area contributed by atoms with Crippen LogP contribution in [0.4, 0.5) is 5.69 Å². The zero-order valence-electron chi connectivity index (χ0n) is 16.4. The van der Waals surface area contributed by atoms with Gasteiger partial charge in [-0.05, 0) is 39.8 Å². The molecule has 1 N–H and O–H groups in total. The Labute approximate surface area is 166 Å². The van der Waals surface area contributed by atoms with Gasteiger partial charge >= 0.3 is 0 Å². The summed E-state index contributed by atoms with van der Waals surface area (Å²) in [6.45, 7) is 7.51. The van der Waals surface area contributed by atoms with Crippen molar-refractivity contribution >= 4 is 39.9 Å². The third kappa shape index (κ3) is 3.11. The Kier molecular flexibility index (Phi) is 4.54. The van der Waals surface area contributed by atoms with Gasteiger partial charge in [0.15, 0.2) is 10.8 Å². The third-order valence-corrected chi connectivity index (χ3v) is 5.71. The summed E-state index contributed by atoms with van der Waals surface area (Å²) in [5.41, 5.74) is 4.05. The SMILES string of the molecule is Cc1nc2c3ccccc3nc(SC(C)C(=O)Nc3c(C)nn(C)c3C)n2n1. The van der Waals surface area contributed by atoms with Crippen LogP contribution >= 0.6 is 11.8 Å². The zero-order chi connectivity index (χ0) is 20.0. The number of nitrogens with zero attached hydrogens (tertiary/aromatic N) is 6. The molecule has 0 spiro atoms. The minimum absolute atomic E-state index is 0.107. The van der Waals surface area contributed by atoms with E-state index in [2.05, 4.69) is 20.5 Å². The van der Waals surface area contributed by atoms with E-state index in [-0.39, 0.29) is 11.2 Å². The minimum atomic E-state index is -0.375. The first-order chi connectivity index (χ1) is 13.3. The Morgan fingerprint density at radius 2 is 1.89 bits per heavy atom. The number of aryl methyl sites for hydroxylation is 3. The molecular formula is C19H21N7OS. The van der Waals surface area contributed by atoms with Crippen LogP contribution in [-0.2, 0) is 11.8 Å². The Morgan fingerprint density at radius 3 is 2.61 bits per heavy atom. The molecule has 1 amide bonds. The number of anilines is 1. The molecule has 0 radical (unpaired) electrons. The number of hydrogen-bond acceptors (Lipinski definition) is 6. The maximum absolute atomic E-state index is 12.8. The molecule has 0 saturated heterocycles. The highest BCUT2D eigenvalue weighted by Gasteiger charge is 2.21. The topological polar surface area (TPSA) is 90.0 Å². The van der Waals surface area contributed by atoms with Crippen molar-refractivity contribution in [2.24, 2.45) is 7.05 Å². The number of para-hydroxylation sites is 1. The molecule has 1 aromatic carbocycles. The summed E-state index contributed by atoms with van der Waals surface area (Å²) >= 11 is 1.36. The number of nitrogens with one attached hydrogen (secondary N) is 1. The number of carbonyl (C=O) groups excluding carboxylic acids is 1. The van der Waals surface area contributed by atoms with Gasteiger partial charge in [0.05, 0.1) is 27.8 Å². The fourth-order valence-electron chi connectivity index (χ4n) is 3.10. The third-order valence-electron chi connectivity index (χ3n) is 4.66. The van der Waals surface area contributed by atoms with E-state index in [9.17, 15) is 4.79 Å². The number of thioether (sulfide) groups is 1.